The third kappa shape index (κ3) is 6.34. The van der Waals surface area contributed by atoms with E-state index in [0.717, 1.165) is 12.3 Å². The first-order valence-electron chi connectivity index (χ1n) is 6.01. The molecule has 0 aromatic carbocycles. The van der Waals surface area contributed by atoms with Crippen LogP contribution in [0.5, 0.6) is 0 Å². The lowest BCUT2D eigenvalue weighted by Crippen LogP contribution is -2.06. The highest BCUT2D eigenvalue weighted by molar-refractivity contribution is 4.79. The number of hydrogen-bond acceptors (Lipinski definition) is 2. The van der Waals surface area contributed by atoms with Crippen molar-refractivity contribution >= 4 is 0 Å². The smallest absolute Gasteiger partial charge is 0.0902 e. The second-order valence-electron chi connectivity index (χ2n) is 4.16. The summed E-state index contributed by atoms with van der Waals surface area (Å²) in [7, 11) is 0. The van der Waals surface area contributed by atoms with Gasteiger partial charge in [0.05, 0.1) is 12.5 Å². The van der Waals surface area contributed by atoms with Gasteiger partial charge in [-0.2, -0.15) is 0 Å². The van der Waals surface area contributed by atoms with Crippen molar-refractivity contribution in [1.29, 1.82) is 0 Å². The minimum atomic E-state index is 0.385. The van der Waals surface area contributed by atoms with Crippen molar-refractivity contribution in [3.63, 3.8) is 0 Å². The number of hydrogen-bond donors (Lipinski definition) is 1. The Labute approximate surface area is 92.3 Å². The van der Waals surface area contributed by atoms with Gasteiger partial charge in [0, 0.05) is 6.61 Å². The molecule has 15 heavy (non-hydrogen) atoms. The molecule has 86 valence electrons. The zero-order valence-corrected chi connectivity index (χ0v) is 9.40. The van der Waals surface area contributed by atoms with Crippen LogP contribution < -0.4 is 0 Å². The molecule has 0 spiro atoms. The van der Waals surface area contributed by atoms with E-state index in [1.807, 2.05) is 12.1 Å². The maximum atomic E-state index is 8.60. The van der Waals surface area contributed by atoms with Gasteiger partial charge < -0.3 is 9.52 Å². The van der Waals surface area contributed by atoms with Crippen LogP contribution >= 0.6 is 0 Å². The molecule has 1 saturated carbocycles. The zero-order valence-electron chi connectivity index (χ0n) is 9.40. The second-order valence-corrected chi connectivity index (χ2v) is 4.16. The highest BCUT2D eigenvalue weighted by atomic mass is 16.3. The molecule has 1 aromatic heterocycles. The van der Waals surface area contributed by atoms with E-state index < -0.39 is 0 Å². The highest BCUT2D eigenvalue weighted by Gasteiger charge is 2.11. The van der Waals surface area contributed by atoms with Crippen LogP contribution in [-0.2, 0) is 0 Å². The number of rotatable bonds is 3. The van der Waals surface area contributed by atoms with Crippen molar-refractivity contribution < 1.29 is 9.52 Å². The molecule has 2 heteroatoms. The first kappa shape index (κ1) is 12.3. The summed E-state index contributed by atoms with van der Waals surface area (Å²) in [5, 5.41) is 8.60. The van der Waals surface area contributed by atoms with E-state index in [-0.39, 0.29) is 0 Å². The molecule has 0 unspecified atom stereocenters. The monoisotopic (exact) mass is 210 g/mol. The maximum Gasteiger partial charge on any atom is 0.0902 e. The molecule has 0 aliphatic heterocycles. The fourth-order valence-corrected chi connectivity index (χ4v) is 2.08. The van der Waals surface area contributed by atoms with Crippen LogP contribution in [0.2, 0.25) is 0 Å². The van der Waals surface area contributed by atoms with Gasteiger partial charge in [-0.05, 0) is 30.9 Å². The van der Waals surface area contributed by atoms with Gasteiger partial charge in [-0.3, -0.25) is 0 Å². The van der Waals surface area contributed by atoms with E-state index in [1.54, 1.807) is 12.5 Å². The lowest BCUT2D eigenvalue weighted by atomic mass is 9.86. The average Bonchev–Trinajstić information content (AvgIpc) is 2.86. The van der Waals surface area contributed by atoms with Crippen molar-refractivity contribution in [1.82, 2.24) is 0 Å². The second kappa shape index (κ2) is 8.54. The Morgan fingerprint density at radius 3 is 2.20 bits per heavy atom. The number of aliphatic hydroxyl groups excluding tert-OH is 1. The van der Waals surface area contributed by atoms with Gasteiger partial charge >= 0.3 is 0 Å². The van der Waals surface area contributed by atoms with E-state index in [1.165, 1.54) is 38.5 Å². The predicted molar refractivity (Wildman–Crippen MR) is 61.6 cm³/mol. The summed E-state index contributed by atoms with van der Waals surface area (Å²) in [5.74, 6) is 0.945. The Hall–Kier alpha value is -0.760. The van der Waals surface area contributed by atoms with Gasteiger partial charge in [0.25, 0.3) is 0 Å². The molecule has 2 nitrogen and oxygen atoms in total. The van der Waals surface area contributed by atoms with Crippen LogP contribution in [-0.4, -0.2) is 11.7 Å². The molecule has 0 radical (unpaired) electrons. The van der Waals surface area contributed by atoms with Gasteiger partial charge in [0.2, 0.25) is 0 Å². The molecule has 0 saturated heterocycles. The molecule has 1 fully saturated rings. The van der Waals surface area contributed by atoms with Crippen molar-refractivity contribution in [3.05, 3.63) is 24.7 Å². The summed E-state index contributed by atoms with van der Waals surface area (Å²) in [6.07, 6.45) is 12.7. The van der Waals surface area contributed by atoms with Crippen molar-refractivity contribution in [2.45, 2.75) is 44.9 Å². The molecule has 1 aliphatic rings. The Morgan fingerprint density at radius 1 is 1.07 bits per heavy atom. The van der Waals surface area contributed by atoms with Crippen molar-refractivity contribution in [2.75, 3.05) is 6.61 Å². The van der Waals surface area contributed by atoms with Crippen molar-refractivity contribution in [3.8, 4) is 0 Å². The Balaban J connectivity index is 0.000000187. The van der Waals surface area contributed by atoms with E-state index >= 15 is 0 Å². The predicted octanol–water partition coefficient (Wildman–Crippen LogP) is 3.62. The molecule has 1 aliphatic carbocycles. The normalized spacial score (nSPS) is 16.9. The summed E-state index contributed by atoms with van der Waals surface area (Å²) < 4.78 is 4.58. The number of furan rings is 1. The van der Waals surface area contributed by atoms with E-state index in [4.69, 9.17) is 5.11 Å². The third-order valence-electron chi connectivity index (χ3n) is 2.92. The fraction of sp³-hybridized carbons (Fsp3) is 0.692. The van der Waals surface area contributed by atoms with Crippen molar-refractivity contribution in [2.24, 2.45) is 5.92 Å². The van der Waals surface area contributed by atoms with Crippen LogP contribution in [0.25, 0.3) is 0 Å². The van der Waals surface area contributed by atoms with Crippen LogP contribution in [0.4, 0.5) is 0 Å². The Kier molecular flexibility index (Phi) is 7.01. The van der Waals surface area contributed by atoms with Gasteiger partial charge in [-0.1, -0.05) is 32.1 Å². The molecule has 0 amide bonds. The lowest BCUT2D eigenvalue weighted by Gasteiger charge is -2.20. The molecule has 2 rings (SSSR count). The van der Waals surface area contributed by atoms with E-state index in [2.05, 4.69) is 4.42 Å². The first-order valence-corrected chi connectivity index (χ1v) is 6.01. The highest BCUT2D eigenvalue weighted by Crippen LogP contribution is 2.26. The third-order valence-corrected chi connectivity index (χ3v) is 2.92. The largest absolute Gasteiger partial charge is 0.473 e. The average molecular weight is 210 g/mol. The Bertz CT molecular complexity index is 183. The van der Waals surface area contributed by atoms with E-state index in [9.17, 15) is 0 Å². The SMILES string of the molecule is OCCCC1CCCCC1.c1ccoc1. The fourth-order valence-electron chi connectivity index (χ4n) is 2.08. The summed E-state index contributed by atoms with van der Waals surface area (Å²) in [4.78, 5) is 0. The van der Waals surface area contributed by atoms with Crippen LogP contribution in [0.1, 0.15) is 44.9 Å². The quantitative estimate of drug-likeness (QED) is 0.826. The van der Waals surface area contributed by atoms with E-state index in [0.29, 0.717) is 6.61 Å². The summed E-state index contributed by atoms with van der Waals surface area (Å²) in [5.41, 5.74) is 0. The standard InChI is InChI=1S/C9H18O.C4H4O/c10-8-4-7-9-5-2-1-3-6-9;1-2-4-5-3-1/h9-10H,1-8H2;1-4H. The Morgan fingerprint density at radius 2 is 1.73 bits per heavy atom. The maximum absolute atomic E-state index is 8.60. The first-order chi connectivity index (χ1) is 7.43. The molecule has 1 heterocycles. The van der Waals surface area contributed by atoms with Gasteiger partial charge in [0.15, 0.2) is 0 Å². The minimum Gasteiger partial charge on any atom is -0.473 e. The summed E-state index contributed by atoms with van der Waals surface area (Å²) >= 11 is 0. The number of aliphatic hydroxyl groups is 1. The molecule has 1 aromatic rings. The summed E-state index contributed by atoms with van der Waals surface area (Å²) in [6, 6.07) is 3.67. The van der Waals surface area contributed by atoms with Crippen LogP contribution in [0.15, 0.2) is 29.1 Å². The summed E-state index contributed by atoms with van der Waals surface area (Å²) in [6.45, 7) is 0.385. The van der Waals surface area contributed by atoms with Gasteiger partial charge in [0.1, 0.15) is 0 Å². The van der Waals surface area contributed by atoms with Gasteiger partial charge in [-0.15, -0.1) is 0 Å². The molecular weight excluding hydrogens is 188 g/mol. The lowest BCUT2D eigenvalue weighted by molar-refractivity contribution is 0.253. The van der Waals surface area contributed by atoms with Crippen LogP contribution in [0.3, 0.4) is 0 Å². The topological polar surface area (TPSA) is 33.4 Å². The van der Waals surface area contributed by atoms with Gasteiger partial charge in [-0.25, -0.2) is 0 Å². The zero-order chi connectivity index (χ0) is 10.8. The van der Waals surface area contributed by atoms with Crippen LogP contribution in [0, 0.1) is 5.92 Å². The molecular formula is C13H22O2. The molecule has 1 N–H and O–H groups in total. The minimum absolute atomic E-state index is 0.385. The molecule has 0 atom stereocenters. The molecule has 0 bridgehead atoms.